The van der Waals surface area contributed by atoms with Crippen LogP contribution in [0.4, 0.5) is 17.1 Å². The maximum Gasteiger partial charge on any atom is 0.284 e. The highest BCUT2D eigenvalue weighted by atomic mass is 32.2. The van der Waals surface area contributed by atoms with E-state index in [-0.39, 0.29) is 17.1 Å². The molecule has 0 aliphatic rings. The van der Waals surface area contributed by atoms with E-state index in [2.05, 4.69) is 4.72 Å². The van der Waals surface area contributed by atoms with E-state index in [9.17, 15) is 20.2 Å². The van der Waals surface area contributed by atoms with Gasteiger partial charge in [0.25, 0.3) is 11.4 Å². The number of nitrogens with zero attached hydrogens (tertiary/aromatic N) is 2. The van der Waals surface area contributed by atoms with Gasteiger partial charge in [0, 0.05) is 12.1 Å². The van der Waals surface area contributed by atoms with Gasteiger partial charge in [0.05, 0.1) is 28.7 Å². The molecule has 0 heterocycles. The summed E-state index contributed by atoms with van der Waals surface area (Å²) in [4.78, 5) is 21.1. The third-order valence-electron chi connectivity index (χ3n) is 2.73. The van der Waals surface area contributed by atoms with E-state index in [0.29, 0.717) is 10.6 Å². The van der Waals surface area contributed by atoms with E-state index in [1.165, 1.54) is 31.4 Å². The molecular weight excluding hydrogens is 310 g/mol. The van der Waals surface area contributed by atoms with E-state index in [1.54, 1.807) is 18.2 Å². The predicted octanol–water partition coefficient (Wildman–Crippen LogP) is 3.63. The van der Waals surface area contributed by atoms with Gasteiger partial charge in [-0.25, -0.2) is 0 Å². The highest BCUT2D eigenvalue weighted by Crippen LogP contribution is 2.34. The van der Waals surface area contributed by atoms with E-state index >= 15 is 0 Å². The maximum absolute atomic E-state index is 10.9. The Morgan fingerprint density at radius 1 is 1.09 bits per heavy atom. The van der Waals surface area contributed by atoms with Gasteiger partial charge in [-0.15, -0.1) is 0 Å². The number of non-ortho nitro benzene ring substituents is 1. The zero-order chi connectivity index (χ0) is 16.1. The zero-order valence-corrected chi connectivity index (χ0v) is 12.2. The molecule has 0 aromatic heterocycles. The lowest BCUT2D eigenvalue weighted by Gasteiger charge is -2.10. The second kappa shape index (κ2) is 6.76. The van der Waals surface area contributed by atoms with Crippen molar-refractivity contribution in [3.8, 4) is 5.75 Å². The van der Waals surface area contributed by atoms with E-state index in [1.807, 2.05) is 0 Å². The molecule has 0 unspecified atom stereocenters. The quantitative estimate of drug-likeness (QED) is 0.491. The van der Waals surface area contributed by atoms with Crippen LogP contribution < -0.4 is 9.46 Å². The van der Waals surface area contributed by atoms with Gasteiger partial charge in [-0.2, -0.15) is 0 Å². The van der Waals surface area contributed by atoms with Gasteiger partial charge < -0.3 is 9.46 Å². The summed E-state index contributed by atoms with van der Waals surface area (Å²) in [5.41, 5.74) is 0.357. The minimum Gasteiger partial charge on any atom is -0.494 e. The molecule has 0 radical (unpaired) electrons. The molecule has 0 bridgehead atoms. The van der Waals surface area contributed by atoms with Crippen molar-refractivity contribution in [3.05, 3.63) is 62.7 Å². The smallest absolute Gasteiger partial charge is 0.284 e. The highest BCUT2D eigenvalue weighted by Gasteiger charge is 2.15. The molecule has 2 aromatic rings. The van der Waals surface area contributed by atoms with Gasteiger partial charge in [0.2, 0.25) is 0 Å². The lowest BCUT2D eigenvalue weighted by Crippen LogP contribution is -1.96. The average molecular weight is 321 g/mol. The van der Waals surface area contributed by atoms with Gasteiger partial charge in [0.15, 0.2) is 0 Å². The molecule has 0 spiro atoms. The molecule has 0 aliphatic carbocycles. The first-order valence-corrected chi connectivity index (χ1v) is 6.83. The molecule has 8 nitrogen and oxygen atoms in total. The molecule has 9 heteroatoms. The Kier molecular flexibility index (Phi) is 4.79. The SMILES string of the molecule is COc1cc([N+](=O)[O-])ccc1NSc1ccccc1[N+](=O)[O-]. The highest BCUT2D eigenvalue weighted by molar-refractivity contribution is 8.00. The van der Waals surface area contributed by atoms with Crippen LogP contribution in [0.25, 0.3) is 0 Å². The fourth-order valence-corrected chi connectivity index (χ4v) is 2.46. The predicted molar refractivity (Wildman–Crippen MR) is 82.2 cm³/mol. The van der Waals surface area contributed by atoms with E-state index in [0.717, 1.165) is 11.9 Å². The minimum absolute atomic E-state index is 0.0270. The Balaban J connectivity index is 2.22. The van der Waals surface area contributed by atoms with Crippen LogP contribution in [0.3, 0.4) is 0 Å². The topological polar surface area (TPSA) is 108 Å². The number of ether oxygens (including phenoxy) is 1. The molecule has 2 rings (SSSR count). The third kappa shape index (κ3) is 3.44. The summed E-state index contributed by atoms with van der Waals surface area (Å²) in [6, 6.07) is 10.4. The lowest BCUT2D eigenvalue weighted by molar-refractivity contribution is -0.387. The van der Waals surface area contributed by atoms with Crippen LogP contribution in [-0.4, -0.2) is 17.0 Å². The van der Waals surface area contributed by atoms with E-state index in [4.69, 9.17) is 4.74 Å². The van der Waals surface area contributed by atoms with Crippen molar-refractivity contribution >= 4 is 29.0 Å². The maximum atomic E-state index is 10.9. The molecule has 0 atom stereocenters. The Hall–Kier alpha value is -2.81. The van der Waals surface area contributed by atoms with Crippen molar-refractivity contribution in [3.63, 3.8) is 0 Å². The van der Waals surface area contributed by atoms with Crippen LogP contribution in [0.1, 0.15) is 0 Å². The van der Waals surface area contributed by atoms with Crippen LogP contribution in [0.15, 0.2) is 47.4 Å². The number of benzene rings is 2. The molecular formula is C13H11N3O5S. The van der Waals surface area contributed by atoms with Crippen molar-refractivity contribution in [1.82, 2.24) is 0 Å². The third-order valence-corrected chi connectivity index (χ3v) is 3.62. The monoisotopic (exact) mass is 321 g/mol. The molecule has 0 saturated heterocycles. The minimum atomic E-state index is -0.526. The number of hydrogen-bond acceptors (Lipinski definition) is 7. The second-order valence-corrected chi connectivity index (χ2v) is 4.92. The Morgan fingerprint density at radius 3 is 2.45 bits per heavy atom. The van der Waals surface area contributed by atoms with Gasteiger partial charge in [-0.1, -0.05) is 12.1 Å². The van der Waals surface area contributed by atoms with Crippen LogP contribution >= 0.6 is 11.9 Å². The fraction of sp³-hybridized carbons (Fsp3) is 0.0769. The first-order chi connectivity index (χ1) is 10.5. The summed E-state index contributed by atoms with van der Waals surface area (Å²) in [5.74, 6) is 0.278. The summed E-state index contributed by atoms with van der Waals surface area (Å²) in [6.07, 6.45) is 0. The molecule has 0 fully saturated rings. The summed E-state index contributed by atoms with van der Waals surface area (Å²) >= 11 is 1.03. The Labute approximate surface area is 129 Å². The molecule has 0 aliphatic heterocycles. The number of nitro benzene ring substituents is 2. The largest absolute Gasteiger partial charge is 0.494 e. The summed E-state index contributed by atoms with van der Waals surface area (Å²) in [7, 11) is 1.39. The summed E-state index contributed by atoms with van der Waals surface area (Å²) in [5, 5.41) is 21.7. The Morgan fingerprint density at radius 2 is 1.82 bits per heavy atom. The van der Waals surface area contributed by atoms with Crippen LogP contribution in [0.5, 0.6) is 5.75 Å². The van der Waals surface area contributed by atoms with Crippen LogP contribution in [0, 0.1) is 20.2 Å². The molecule has 22 heavy (non-hydrogen) atoms. The molecule has 2 aromatic carbocycles. The number of hydrogen-bond donors (Lipinski definition) is 1. The number of anilines is 1. The van der Waals surface area contributed by atoms with Gasteiger partial charge in [-0.3, -0.25) is 20.2 Å². The van der Waals surface area contributed by atoms with Crippen molar-refractivity contribution in [1.29, 1.82) is 0 Å². The van der Waals surface area contributed by atoms with Crippen LogP contribution in [0.2, 0.25) is 0 Å². The first-order valence-electron chi connectivity index (χ1n) is 6.01. The number of methoxy groups -OCH3 is 1. The molecule has 114 valence electrons. The first kappa shape index (κ1) is 15.6. The van der Waals surface area contributed by atoms with Crippen molar-refractivity contribution in [2.45, 2.75) is 4.90 Å². The van der Waals surface area contributed by atoms with E-state index < -0.39 is 9.85 Å². The van der Waals surface area contributed by atoms with Crippen molar-refractivity contribution in [2.75, 3.05) is 11.8 Å². The van der Waals surface area contributed by atoms with Gasteiger partial charge in [0.1, 0.15) is 10.6 Å². The van der Waals surface area contributed by atoms with Gasteiger partial charge in [-0.05, 0) is 24.1 Å². The van der Waals surface area contributed by atoms with Crippen LogP contribution in [-0.2, 0) is 0 Å². The standard InChI is InChI=1S/C13H11N3O5S/c1-21-12-8-9(15(17)18)6-7-10(12)14-22-13-5-3-2-4-11(13)16(19)20/h2-8,14H,1H3. The Bertz CT molecular complexity index is 723. The number of nitro groups is 2. The normalized spacial score (nSPS) is 10.0. The molecule has 1 N–H and O–H groups in total. The molecule has 0 saturated carbocycles. The van der Waals surface area contributed by atoms with Crippen molar-refractivity contribution < 1.29 is 14.6 Å². The van der Waals surface area contributed by atoms with Crippen molar-refractivity contribution in [2.24, 2.45) is 0 Å². The average Bonchev–Trinajstić information content (AvgIpc) is 2.52. The number of para-hydroxylation sites is 1. The summed E-state index contributed by atoms with van der Waals surface area (Å²) in [6.45, 7) is 0. The molecule has 0 amide bonds. The summed E-state index contributed by atoms with van der Waals surface area (Å²) < 4.78 is 7.99. The number of nitrogens with one attached hydrogen (secondary N) is 1. The second-order valence-electron chi connectivity index (χ2n) is 4.07. The fourth-order valence-electron chi connectivity index (χ4n) is 1.68. The van der Waals surface area contributed by atoms with Gasteiger partial charge >= 0.3 is 0 Å². The lowest BCUT2D eigenvalue weighted by atomic mass is 10.2. The number of rotatable bonds is 6. The zero-order valence-electron chi connectivity index (χ0n) is 11.4.